The maximum absolute atomic E-state index is 4.42. The van der Waals surface area contributed by atoms with Gasteiger partial charge in [-0.1, -0.05) is 13.8 Å². The summed E-state index contributed by atoms with van der Waals surface area (Å²) in [7, 11) is 0. The van der Waals surface area contributed by atoms with Crippen molar-refractivity contribution in [3.63, 3.8) is 0 Å². The van der Waals surface area contributed by atoms with Crippen LogP contribution in [0.4, 0.5) is 0 Å². The van der Waals surface area contributed by atoms with Crippen molar-refractivity contribution in [3.8, 4) is 0 Å². The standard InChI is InChI=1S/C15H26N4/c1-11(2)12-3-5-19(6-4-12)9-13-7-14-15(8-16-13)18-10-17-14/h10-13,16H,3-9H2,1-2H3,(H,17,18). The number of nitrogens with one attached hydrogen (secondary N) is 2. The van der Waals surface area contributed by atoms with Crippen LogP contribution in [0.3, 0.4) is 0 Å². The van der Waals surface area contributed by atoms with Gasteiger partial charge < -0.3 is 15.2 Å². The molecule has 2 N–H and O–H groups in total. The van der Waals surface area contributed by atoms with Gasteiger partial charge in [-0.05, 0) is 37.8 Å². The lowest BCUT2D eigenvalue weighted by molar-refractivity contribution is 0.143. The van der Waals surface area contributed by atoms with Gasteiger partial charge in [-0.2, -0.15) is 0 Å². The summed E-state index contributed by atoms with van der Waals surface area (Å²) in [4.78, 5) is 10.3. The summed E-state index contributed by atoms with van der Waals surface area (Å²) >= 11 is 0. The van der Waals surface area contributed by atoms with Gasteiger partial charge in [0, 0.05) is 25.6 Å². The maximum atomic E-state index is 4.42. The number of piperidine rings is 1. The predicted molar refractivity (Wildman–Crippen MR) is 76.9 cm³/mol. The summed E-state index contributed by atoms with van der Waals surface area (Å²) < 4.78 is 0. The van der Waals surface area contributed by atoms with Crippen LogP contribution in [-0.2, 0) is 13.0 Å². The van der Waals surface area contributed by atoms with Gasteiger partial charge in [0.25, 0.3) is 0 Å². The first-order chi connectivity index (χ1) is 9.22. The molecule has 1 atom stereocenters. The van der Waals surface area contributed by atoms with Gasteiger partial charge in [0.2, 0.25) is 0 Å². The van der Waals surface area contributed by atoms with Crippen LogP contribution < -0.4 is 5.32 Å². The lowest BCUT2D eigenvalue weighted by Crippen LogP contribution is -2.47. The number of H-pyrrole nitrogens is 1. The number of hydrogen-bond acceptors (Lipinski definition) is 3. The molecule has 3 rings (SSSR count). The third-order valence-corrected chi connectivity index (χ3v) is 4.87. The van der Waals surface area contributed by atoms with E-state index in [0.29, 0.717) is 6.04 Å². The van der Waals surface area contributed by atoms with E-state index in [-0.39, 0.29) is 0 Å². The van der Waals surface area contributed by atoms with Crippen LogP contribution in [0.1, 0.15) is 38.1 Å². The number of rotatable bonds is 3. The highest BCUT2D eigenvalue weighted by Crippen LogP contribution is 2.24. The second-order valence-electron chi connectivity index (χ2n) is 6.49. The Balaban J connectivity index is 1.48. The molecule has 1 saturated heterocycles. The van der Waals surface area contributed by atoms with Crippen molar-refractivity contribution in [1.29, 1.82) is 0 Å². The van der Waals surface area contributed by atoms with E-state index in [0.717, 1.165) is 24.8 Å². The first kappa shape index (κ1) is 13.1. The molecule has 0 aliphatic carbocycles. The highest BCUT2D eigenvalue weighted by atomic mass is 15.2. The zero-order chi connectivity index (χ0) is 13.2. The monoisotopic (exact) mass is 262 g/mol. The van der Waals surface area contributed by atoms with E-state index in [1.165, 1.54) is 43.9 Å². The number of fused-ring (bicyclic) bond motifs is 1. The zero-order valence-corrected chi connectivity index (χ0v) is 12.2. The highest BCUT2D eigenvalue weighted by Gasteiger charge is 2.25. The molecule has 19 heavy (non-hydrogen) atoms. The molecule has 0 bridgehead atoms. The number of hydrogen-bond donors (Lipinski definition) is 2. The van der Waals surface area contributed by atoms with Crippen molar-refractivity contribution in [2.24, 2.45) is 11.8 Å². The van der Waals surface area contributed by atoms with Crippen molar-refractivity contribution >= 4 is 0 Å². The van der Waals surface area contributed by atoms with Crippen molar-refractivity contribution in [1.82, 2.24) is 20.2 Å². The molecule has 1 fully saturated rings. The van der Waals surface area contributed by atoms with Crippen molar-refractivity contribution in [2.75, 3.05) is 19.6 Å². The first-order valence-corrected chi connectivity index (χ1v) is 7.69. The van der Waals surface area contributed by atoms with Crippen LogP contribution in [0.15, 0.2) is 6.33 Å². The molecular formula is C15H26N4. The van der Waals surface area contributed by atoms with E-state index in [1.54, 1.807) is 0 Å². The third-order valence-electron chi connectivity index (χ3n) is 4.87. The molecule has 4 heteroatoms. The second-order valence-corrected chi connectivity index (χ2v) is 6.49. The minimum atomic E-state index is 0.575. The van der Waals surface area contributed by atoms with Gasteiger partial charge in [-0.3, -0.25) is 0 Å². The smallest absolute Gasteiger partial charge is 0.0925 e. The van der Waals surface area contributed by atoms with E-state index in [4.69, 9.17) is 0 Å². The Morgan fingerprint density at radius 3 is 2.89 bits per heavy atom. The number of nitrogens with zero attached hydrogens (tertiary/aromatic N) is 2. The Kier molecular flexibility index (Phi) is 3.89. The number of aromatic nitrogens is 2. The molecular weight excluding hydrogens is 236 g/mol. The average molecular weight is 262 g/mol. The van der Waals surface area contributed by atoms with Crippen LogP contribution in [0.5, 0.6) is 0 Å². The van der Waals surface area contributed by atoms with Crippen LogP contribution in [0.25, 0.3) is 0 Å². The van der Waals surface area contributed by atoms with Crippen molar-refractivity contribution < 1.29 is 0 Å². The van der Waals surface area contributed by atoms with Gasteiger partial charge in [-0.25, -0.2) is 4.98 Å². The van der Waals surface area contributed by atoms with E-state index >= 15 is 0 Å². The molecule has 1 aromatic rings. The Morgan fingerprint density at radius 1 is 1.37 bits per heavy atom. The van der Waals surface area contributed by atoms with Crippen LogP contribution in [0.2, 0.25) is 0 Å². The Bertz CT molecular complexity index is 404. The fourth-order valence-electron chi connectivity index (χ4n) is 3.47. The third kappa shape index (κ3) is 3.00. The predicted octanol–water partition coefficient (Wildman–Crippen LogP) is 1.79. The maximum Gasteiger partial charge on any atom is 0.0925 e. The van der Waals surface area contributed by atoms with Gasteiger partial charge in [0.1, 0.15) is 0 Å². The quantitative estimate of drug-likeness (QED) is 0.873. The molecule has 3 heterocycles. The first-order valence-electron chi connectivity index (χ1n) is 7.69. The number of likely N-dealkylation sites (tertiary alicyclic amines) is 1. The Labute approximate surface area is 116 Å². The molecule has 0 spiro atoms. The second kappa shape index (κ2) is 5.63. The number of imidazole rings is 1. The molecule has 106 valence electrons. The molecule has 0 radical (unpaired) electrons. The molecule has 1 unspecified atom stereocenters. The molecule has 0 amide bonds. The fourth-order valence-corrected chi connectivity index (χ4v) is 3.47. The molecule has 2 aliphatic rings. The van der Waals surface area contributed by atoms with E-state index < -0.39 is 0 Å². The van der Waals surface area contributed by atoms with E-state index in [1.807, 2.05) is 6.33 Å². The van der Waals surface area contributed by atoms with Crippen molar-refractivity contribution in [2.45, 2.75) is 45.7 Å². The summed E-state index contributed by atoms with van der Waals surface area (Å²) in [5, 5.41) is 3.63. The summed E-state index contributed by atoms with van der Waals surface area (Å²) in [6, 6.07) is 0.575. The Hall–Kier alpha value is -0.870. The average Bonchev–Trinajstić information content (AvgIpc) is 2.87. The topological polar surface area (TPSA) is 44.0 Å². The highest BCUT2D eigenvalue weighted by molar-refractivity contribution is 5.16. The van der Waals surface area contributed by atoms with Crippen LogP contribution in [0, 0.1) is 11.8 Å². The van der Waals surface area contributed by atoms with Crippen LogP contribution in [-0.4, -0.2) is 40.5 Å². The lowest BCUT2D eigenvalue weighted by atomic mass is 9.86. The number of aromatic amines is 1. The van der Waals surface area contributed by atoms with Crippen LogP contribution >= 0.6 is 0 Å². The van der Waals surface area contributed by atoms with Gasteiger partial charge >= 0.3 is 0 Å². The molecule has 2 aliphatic heterocycles. The molecule has 4 nitrogen and oxygen atoms in total. The van der Waals surface area contributed by atoms with E-state index in [9.17, 15) is 0 Å². The fraction of sp³-hybridized carbons (Fsp3) is 0.800. The normalized spacial score (nSPS) is 25.7. The minimum Gasteiger partial charge on any atom is -0.347 e. The zero-order valence-electron chi connectivity index (χ0n) is 12.2. The summed E-state index contributed by atoms with van der Waals surface area (Å²) in [5.74, 6) is 1.79. The summed E-state index contributed by atoms with van der Waals surface area (Å²) in [5.41, 5.74) is 2.54. The van der Waals surface area contributed by atoms with E-state index in [2.05, 4.69) is 34.0 Å². The minimum absolute atomic E-state index is 0.575. The van der Waals surface area contributed by atoms with Gasteiger partial charge in [0.05, 0.1) is 17.7 Å². The SMILES string of the molecule is CC(C)C1CCN(CC2Cc3nc[nH]c3CN2)CC1. The van der Waals surface area contributed by atoms with Crippen molar-refractivity contribution in [3.05, 3.63) is 17.7 Å². The molecule has 1 aromatic heterocycles. The largest absolute Gasteiger partial charge is 0.347 e. The Morgan fingerprint density at radius 2 is 2.16 bits per heavy atom. The molecule has 0 saturated carbocycles. The van der Waals surface area contributed by atoms with Gasteiger partial charge in [0.15, 0.2) is 0 Å². The molecule has 0 aromatic carbocycles. The summed E-state index contributed by atoms with van der Waals surface area (Å²) in [6.45, 7) is 9.40. The van der Waals surface area contributed by atoms with Gasteiger partial charge in [-0.15, -0.1) is 0 Å². The summed E-state index contributed by atoms with van der Waals surface area (Å²) in [6.07, 6.45) is 5.64. The lowest BCUT2D eigenvalue weighted by Gasteiger charge is -2.36.